The highest BCUT2D eigenvalue weighted by atomic mass is 16.5. The Balaban J connectivity index is 1.25. The van der Waals surface area contributed by atoms with Crippen LogP contribution in [-0.4, -0.2) is 45.7 Å². The third kappa shape index (κ3) is 4.91. The summed E-state index contributed by atoms with van der Waals surface area (Å²) in [5.41, 5.74) is 2.22. The lowest BCUT2D eigenvalue weighted by molar-refractivity contribution is -0.219. The summed E-state index contributed by atoms with van der Waals surface area (Å²) in [6, 6.07) is 4.39. The van der Waals surface area contributed by atoms with Gasteiger partial charge in [-0.25, -0.2) is 4.79 Å². The van der Waals surface area contributed by atoms with E-state index < -0.39 is 17.5 Å². The van der Waals surface area contributed by atoms with E-state index in [0.717, 1.165) is 51.4 Å². The Morgan fingerprint density at radius 2 is 1.67 bits per heavy atom. The molecule has 9 atom stereocenters. The van der Waals surface area contributed by atoms with Crippen LogP contribution in [0.4, 0.5) is 0 Å². The van der Waals surface area contributed by atoms with E-state index in [2.05, 4.69) is 47.6 Å². The fraction of sp³-hybridized carbons (Fsp3) is 0.718. The predicted octanol–water partition coefficient (Wildman–Crippen LogP) is 7.79. The Bertz CT molecular complexity index is 1400. The fourth-order valence-electron chi connectivity index (χ4n) is 11.7. The van der Waals surface area contributed by atoms with E-state index in [-0.39, 0.29) is 45.7 Å². The van der Waals surface area contributed by atoms with E-state index in [4.69, 9.17) is 4.74 Å². The second-order valence-electron chi connectivity index (χ2n) is 17.5. The molecule has 0 heterocycles. The normalized spacial score (nSPS) is 43.8. The van der Waals surface area contributed by atoms with Crippen LogP contribution in [0.15, 0.2) is 35.9 Å². The van der Waals surface area contributed by atoms with E-state index in [0.29, 0.717) is 35.8 Å². The van der Waals surface area contributed by atoms with Gasteiger partial charge in [-0.05, 0) is 127 Å². The lowest BCUT2D eigenvalue weighted by Crippen LogP contribution is -2.65. The first-order valence-corrected chi connectivity index (χ1v) is 17.4. The number of carbonyl (C=O) groups is 1. The lowest BCUT2D eigenvalue weighted by atomic mass is 9.33. The highest BCUT2D eigenvalue weighted by molar-refractivity contribution is 5.87. The molecule has 6 nitrogen and oxygen atoms in total. The van der Waals surface area contributed by atoms with E-state index in [1.807, 2.05) is 0 Å². The molecule has 6 heteroatoms. The number of benzene rings is 1. The summed E-state index contributed by atoms with van der Waals surface area (Å²) in [6.07, 6.45) is 15.5. The number of hydrogen-bond acceptors (Lipinski definition) is 6. The third-order valence-electron chi connectivity index (χ3n) is 14.8. The average Bonchev–Trinajstić information content (AvgIpc) is 2.99. The van der Waals surface area contributed by atoms with Crippen LogP contribution >= 0.6 is 0 Å². The molecule has 0 amide bonds. The summed E-state index contributed by atoms with van der Waals surface area (Å²) in [5, 5.41) is 41.6. The van der Waals surface area contributed by atoms with Crippen molar-refractivity contribution in [3.63, 3.8) is 0 Å². The minimum atomic E-state index is -0.550. The molecule has 5 aliphatic carbocycles. The molecule has 4 saturated carbocycles. The molecule has 0 spiro atoms. The van der Waals surface area contributed by atoms with Crippen molar-refractivity contribution in [1.82, 2.24) is 0 Å². The van der Waals surface area contributed by atoms with Gasteiger partial charge < -0.3 is 25.2 Å². The highest BCUT2D eigenvalue weighted by Crippen LogP contribution is 2.75. The second-order valence-corrected chi connectivity index (χ2v) is 17.5. The Morgan fingerprint density at radius 3 is 2.38 bits per heavy atom. The van der Waals surface area contributed by atoms with Crippen LogP contribution in [0.25, 0.3) is 6.08 Å². The van der Waals surface area contributed by atoms with Crippen LogP contribution in [0.1, 0.15) is 111 Å². The van der Waals surface area contributed by atoms with Crippen molar-refractivity contribution in [1.29, 1.82) is 0 Å². The molecule has 2 unspecified atom stereocenters. The van der Waals surface area contributed by atoms with Gasteiger partial charge in [0.2, 0.25) is 0 Å². The fourth-order valence-corrected chi connectivity index (χ4v) is 11.7. The molecule has 248 valence electrons. The molecule has 1 aromatic rings. The summed E-state index contributed by atoms with van der Waals surface area (Å²) in [5.74, 6) is 0.217. The molecule has 4 fully saturated rings. The lowest BCUT2D eigenvalue weighted by Gasteiger charge is -2.71. The van der Waals surface area contributed by atoms with E-state index in [1.54, 1.807) is 17.7 Å². The van der Waals surface area contributed by atoms with Crippen molar-refractivity contribution in [3.05, 3.63) is 41.5 Å². The molecule has 0 saturated heterocycles. The van der Waals surface area contributed by atoms with E-state index in [1.165, 1.54) is 24.6 Å². The van der Waals surface area contributed by atoms with Gasteiger partial charge in [0.15, 0.2) is 11.5 Å². The number of aliphatic hydroxyl groups excluding tert-OH is 2. The number of carbonyl (C=O) groups excluding carboxylic acids is 1. The van der Waals surface area contributed by atoms with Gasteiger partial charge in [0.25, 0.3) is 0 Å². The average molecular weight is 621 g/mol. The van der Waals surface area contributed by atoms with Crippen molar-refractivity contribution >= 4 is 12.0 Å². The van der Waals surface area contributed by atoms with Crippen LogP contribution < -0.4 is 0 Å². The number of ether oxygens (including phenoxy) is 1. The number of phenols is 2. The molecule has 0 aliphatic heterocycles. The number of rotatable bonds is 5. The Kier molecular flexibility index (Phi) is 7.88. The zero-order valence-corrected chi connectivity index (χ0v) is 28.4. The third-order valence-corrected chi connectivity index (χ3v) is 14.8. The number of aliphatic hydroxyl groups is 2. The molecule has 45 heavy (non-hydrogen) atoms. The van der Waals surface area contributed by atoms with Crippen molar-refractivity contribution in [3.8, 4) is 11.5 Å². The van der Waals surface area contributed by atoms with Crippen molar-refractivity contribution in [2.24, 2.45) is 50.2 Å². The predicted molar refractivity (Wildman–Crippen MR) is 176 cm³/mol. The summed E-state index contributed by atoms with van der Waals surface area (Å²) in [7, 11) is 0. The summed E-state index contributed by atoms with van der Waals surface area (Å²) in [6.45, 7) is 15.0. The second kappa shape index (κ2) is 10.9. The SMILES string of the molecule is CC1(C)CC[C@]2(CO)CC[C@]3(C)C(=CC[C@@H]4[C@@]5(C)CC[C@H](O)C(C)(COC(=O)C=Cc6ccc(O)c(O)c6)C5CC[C@]43C)[C@H]2C1. The maximum Gasteiger partial charge on any atom is 0.330 e. The first kappa shape index (κ1) is 32.6. The van der Waals surface area contributed by atoms with E-state index in [9.17, 15) is 25.2 Å². The smallest absolute Gasteiger partial charge is 0.330 e. The molecule has 1 aromatic carbocycles. The van der Waals surface area contributed by atoms with Gasteiger partial charge in [-0.3, -0.25) is 0 Å². The number of fused-ring (bicyclic) bond motifs is 7. The molecule has 0 aromatic heterocycles. The highest BCUT2D eigenvalue weighted by Gasteiger charge is 2.68. The van der Waals surface area contributed by atoms with Gasteiger partial charge in [0.05, 0.1) is 12.7 Å². The van der Waals surface area contributed by atoms with Gasteiger partial charge in [-0.15, -0.1) is 0 Å². The quantitative estimate of drug-likeness (QED) is 0.116. The van der Waals surface area contributed by atoms with Gasteiger partial charge in [0, 0.05) is 23.5 Å². The number of esters is 1. The maximum absolute atomic E-state index is 12.9. The topological polar surface area (TPSA) is 107 Å². The molecule has 0 bridgehead atoms. The van der Waals surface area contributed by atoms with E-state index >= 15 is 0 Å². The van der Waals surface area contributed by atoms with Crippen LogP contribution in [0.3, 0.4) is 0 Å². The Morgan fingerprint density at radius 1 is 0.933 bits per heavy atom. The van der Waals surface area contributed by atoms with Gasteiger partial charge in [-0.2, -0.15) is 0 Å². The maximum atomic E-state index is 12.9. The minimum Gasteiger partial charge on any atom is -0.504 e. The number of phenolic OH excluding ortho intramolecular Hbond substituents is 2. The largest absolute Gasteiger partial charge is 0.504 e. The van der Waals surface area contributed by atoms with Gasteiger partial charge in [0.1, 0.15) is 0 Å². The van der Waals surface area contributed by atoms with Crippen LogP contribution in [0.2, 0.25) is 0 Å². The number of aromatic hydroxyl groups is 2. The Hall–Kier alpha value is -2.31. The van der Waals surface area contributed by atoms with Crippen LogP contribution in [0, 0.1) is 50.2 Å². The number of hydrogen-bond donors (Lipinski definition) is 4. The summed E-state index contributed by atoms with van der Waals surface area (Å²) >= 11 is 0. The van der Waals surface area contributed by atoms with Gasteiger partial charge >= 0.3 is 5.97 Å². The van der Waals surface area contributed by atoms with Crippen molar-refractivity contribution < 1.29 is 30.0 Å². The monoisotopic (exact) mass is 620 g/mol. The molecule has 5 aliphatic rings. The first-order chi connectivity index (χ1) is 21.0. The molecule has 4 N–H and O–H groups in total. The Labute approximate surface area is 270 Å². The van der Waals surface area contributed by atoms with Crippen LogP contribution in [-0.2, 0) is 9.53 Å². The summed E-state index contributed by atoms with van der Waals surface area (Å²) < 4.78 is 5.86. The standard InChI is InChI=1S/C39H56O6/c1-34(2)17-19-39(23-40)20-18-37(5)26(27(39)22-34)9-11-31-35(3)15-14-32(43)36(4,30(35)13-16-38(31,37)6)24-45-33(44)12-8-25-7-10-28(41)29(42)21-25/h7-10,12,21,27,30-32,40-43H,11,13-20,22-24H2,1-6H3/t27-,30?,31-,32+,35+,36?,37-,38-,39-/m1/s1. The molecular weight excluding hydrogens is 564 g/mol. The minimum absolute atomic E-state index is 0.00911. The molecule has 6 rings (SSSR count). The zero-order chi connectivity index (χ0) is 32.6. The summed E-state index contributed by atoms with van der Waals surface area (Å²) in [4.78, 5) is 12.9. The van der Waals surface area contributed by atoms with Crippen molar-refractivity contribution in [2.75, 3.05) is 13.2 Å². The number of allylic oxidation sites excluding steroid dienone is 2. The zero-order valence-electron chi connectivity index (χ0n) is 28.4. The van der Waals surface area contributed by atoms with Crippen molar-refractivity contribution in [2.45, 2.75) is 112 Å². The van der Waals surface area contributed by atoms with Gasteiger partial charge in [-0.1, -0.05) is 59.3 Å². The van der Waals surface area contributed by atoms with Crippen LogP contribution in [0.5, 0.6) is 11.5 Å². The molecule has 0 radical (unpaired) electrons. The first-order valence-electron chi connectivity index (χ1n) is 17.4. The molecular formula is C39H56O6.